The first kappa shape index (κ1) is 21.5. The summed E-state index contributed by atoms with van der Waals surface area (Å²) in [5, 5.41) is 9.37. The SMILES string of the molecule is CCC(C(=O)O)N1Cc2sc(-c3ccc(OCc4ccccc4)c(C)c3)cc2S1(=O)=O. The smallest absolute Gasteiger partial charge is 0.322 e. The molecule has 162 valence electrons. The monoisotopic (exact) mass is 457 g/mol. The molecule has 2 aromatic carbocycles. The normalized spacial score (nSPS) is 16.1. The van der Waals surface area contributed by atoms with Crippen molar-refractivity contribution in [3.8, 4) is 16.2 Å². The number of hydrogen-bond donors (Lipinski definition) is 1. The molecule has 1 atom stereocenters. The molecule has 0 fully saturated rings. The molecule has 2 heterocycles. The minimum Gasteiger partial charge on any atom is -0.489 e. The molecule has 1 aromatic heterocycles. The number of rotatable bonds is 7. The lowest BCUT2D eigenvalue weighted by Crippen LogP contribution is -2.40. The quantitative estimate of drug-likeness (QED) is 0.557. The van der Waals surface area contributed by atoms with Gasteiger partial charge in [-0.3, -0.25) is 4.79 Å². The van der Waals surface area contributed by atoms with Gasteiger partial charge < -0.3 is 9.84 Å². The standard InChI is InChI=1S/C23H23NO5S2/c1-3-18(23(25)26)24-13-21-22(31(24,27)28)12-20(30-21)17-9-10-19(15(2)11-17)29-14-16-7-5-4-6-8-16/h4-12,18H,3,13-14H2,1-2H3,(H,25,26). The van der Waals surface area contributed by atoms with E-state index in [2.05, 4.69) is 0 Å². The Hall–Kier alpha value is -2.68. The largest absolute Gasteiger partial charge is 0.489 e. The lowest BCUT2D eigenvalue weighted by molar-refractivity contribution is -0.141. The summed E-state index contributed by atoms with van der Waals surface area (Å²) in [6.07, 6.45) is 0.222. The minimum absolute atomic E-state index is 0.102. The van der Waals surface area contributed by atoms with Gasteiger partial charge in [-0.1, -0.05) is 37.3 Å². The molecule has 31 heavy (non-hydrogen) atoms. The molecular weight excluding hydrogens is 434 g/mol. The number of hydrogen-bond acceptors (Lipinski definition) is 5. The average Bonchev–Trinajstić information content (AvgIpc) is 3.27. The Morgan fingerprint density at radius 2 is 1.94 bits per heavy atom. The van der Waals surface area contributed by atoms with Crippen molar-refractivity contribution in [2.45, 2.75) is 44.4 Å². The third-order valence-corrected chi connectivity index (χ3v) is 8.59. The Morgan fingerprint density at radius 3 is 2.55 bits per heavy atom. The number of nitrogens with zero attached hydrogens (tertiary/aromatic N) is 1. The van der Waals surface area contributed by atoms with Crippen molar-refractivity contribution in [3.05, 3.63) is 70.6 Å². The summed E-state index contributed by atoms with van der Waals surface area (Å²) in [7, 11) is -3.81. The van der Waals surface area contributed by atoms with Crippen LogP contribution in [0.15, 0.2) is 59.5 Å². The fourth-order valence-electron chi connectivity index (χ4n) is 3.71. The van der Waals surface area contributed by atoms with Crippen LogP contribution in [0.4, 0.5) is 0 Å². The molecular formula is C23H23NO5S2. The van der Waals surface area contributed by atoms with Crippen LogP contribution in [-0.2, 0) is 28.0 Å². The number of aryl methyl sites for hydroxylation is 1. The van der Waals surface area contributed by atoms with Crippen LogP contribution in [0.2, 0.25) is 0 Å². The van der Waals surface area contributed by atoms with Gasteiger partial charge in [0.2, 0.25) is 10.0 Å². The molecule has 1 aliphatic rings. The molecule has 0 amide bonds. The number of thiophene rings is 1. The van der Waals surface area contributed by atoms with E-state index in [0.29, 0.717) is 11.5 Å². The van der Waals surface area contributed by atoms with Gasteiger partial charge in [0.15, 0.2) is 0 Å². The molecule has 3 aromatic rings. The summed E-state index contributed by atoms with van der Waals surface area (Å²) in [5.41, 5.74) is 2.96. The first-order valence-electron chi connectivity index (χ1n) is 9.96. The highest BCUT2D eigenvalue weighted by molar-refractivity contribution is 7.89. The summed E-state index contributed by atoms with van der Waals surface area (Å²) in [6, 6.07) is 16.3. The van der Waals surface area contributed by atoms with Gasteiger partial charge in [0.1, 0.15) is 18.4 Å². The molecule has 6 nitrogen and oxygen atoms in total. The van der Waals surface area contributed by atoms with Crippen molar-refractivity contribution in [1.29, 1.82) is 0 Å². The first-order valence-corrected chi connectivity index (χ1v) is 12.2. The van der Waals surface area contributed by atoms with E-state index in [9.17, 15) is 18.3 Å². The Bertz CT molecular complexity index is 1220. The predicted molar refractivity (Wildman–Crippen MR) is 120 cm³/mol. The van der Waals surface area contributed by atoms with Crippen LogP contribution >= 0.6 is 11.3 Å². The van der Waals surface area contributed by atoms with Gasteiger partial charge in [-0.15, -0.1) is 11.3 Å². The zero-order chi connectivity index (χ0) is 22.2. The maximum atomic E-state index is 12.9. The number of carboxylic acids is 1. The number of carboxylic acid groups (broad SMARTS) is 1. The number of fused-ring (bicyclic) bond motifs is 1. The second kappa shape index (κ2) is 8.45. The van der Waals surface area contributed by atoms with Crippen LogP contribution in [-0.4, -0.2) is 29.8 Å². The summed E-state index contributed by atoms with van der Waals surface area (Å²) >= 11 is 1.39. The van der Waals surface area contributed by atoms with Gasteiger partial charge in [-0.05, 0) is 54.3 Å². The molecule has 1 unspecified atom stereocenters. The Morgan fingerprint density at radius 1 is 1.19 bits per heavy atom. The maximum Gasteiger partial charge on any atom is 0.322 e. The highest BCUT2D eigenvalue weighted by Gasteiger charge is 2.43. The molecule has 0 saturated heterocycles. The van der Waals surface area contributed by atoms with Crippen molar-refractivity contribution < 1.29 is 23.1 Å². The molecule has 0 spiro atoms. The Balaban J connectivity index is 1.55. The third-order valence-electron chi connectivity index (χ3n) is 5.37. The molecule has 1 N–H and O–H groups in total. The molecule has 1 aliphatic heterocycles. The van der Waals surface area contributed by atoms with Crippen LogP contribution in [0.1, 0.15) is 29.3 Å². The Labute approximate surface area is 185 Å². The third kappa shape index (κ3) is 4.11. The van der Waals surface area contributed by atoms with E-state index in [1.165, 1.54) is 11.3 Å². The van der Waals surface area contributed by atoms with Crippen molar-refractivity contribution in [3.63, 3.8) is 0 Å². The second-order valence-electron chi connectivity index (χ2n) is 7.47. The zero-order valence-corrected chi connectivity index (χ0v) is 18.9. The van der Waals surface area contributed by atoms with Gasteiger partial charge in [0, 0.05) is 9.75 Å². The van der Waals surface area contributed by atoms with Gasteiger partial charge in [-0.2, -0.15) is 4.31 Å². The van der Waals surface area contributed by atoms with E-state index in [1.54, 1.807) is 13.0 Å². The summed E-state index contributed by atoms with van der Waals surface area (Å²) in [4.78, 5) is 13.2. The van der Waals surface area contributed by atoms with Crippen LogP contribution in [0, 0.1) is 6.92 Å². The number of carbonyl (C=O) groups is 1. The van der Waals surface area contributed by atoms with E-state index in [0.717, 1.165) is 31.6 Å². The molecule has 0 saturated carbocycles. The van der Waals surface area contributed by atoms with Gasteiger partial charge in [-0.25, -0.2) is 8.42 Å². The maximum absolute atomic E-state index is 12.9. The number of sulfonamides is 1. The number of aliphatic carboxylic acids is 1. The number of benzene rings is 2. The minimum atomic E-state index is -3.81. The molecule has 8 heteroatoms. The Kier molecular flexibility index (Phi) is 5.88. The number of ether oxygens (including phenoxy) is 1. The second-order valence-corrected chi connectivity index (χ2v) is 10.5. The lowest BCUT2D eigenvalue weighted by atomic mass is 10.1. The zero-order valence-electron chi connectivity index (χ0n) is 17.2. The lowest BCUT2D eigenvalue weighted by Gasteiger charge is -2.21. The molecule has 4 rings (SSSR count). The van der Waals surface area contributed by atoms with E-state index < -0.39 is 22.0 Å². The van der Waals surface area contributed by atoms with Crippen LogP contribution in [0.25, 0.3) is 10.4 Å². The van der Waals surface area contributed by atoms with Crippen molar-refractivity contribution in [2.24, 2.45) is 0 Å². The van der Waals surface area contributed by atoms with E-state index >= 15 is 0 Å². The molecule has 0 aliphatic carbocycles. The van der Waals surface area contributed by atoms with Gasteiger partial charge in [0.25, 0.3) is 0 Å². The van der Waals surface area contributed by atoms with E-state index in [-0.39, 0.29) is 17.9 Å². The summed E-state index contributed by atoms with van der Waals surface area (Å²) < 4.78 is 32.9. The summed E-state index contributed by atoms with van der Waals surface area (Å²) in [6.45, 7) is 4.22. The van der Waals surface area contributed by atoms with Crippen LogP contribution < -0.4 is 4.74 Å². The van der Waals surface area contributed by atoms with E-state index in [4.69, 9.17) is 4.74 Å². The van der Waals surface area contributed by atoms with Crippen LogP contribution in [0.3, 0.4) is 0 Å². The summed E-state index contributed by atoms with van der Waals surface area (Å²) in [5.74, 6) is -0.342. The topological polar surface area (TPSA) is 83.9 Å². The van der Waals surface area contributed by atoms with E-state index in [1.807, 2.05) is 55.5 Å². The highest BCUT2D eigenvalue weighted by atomic mass is 32.2. The highest BCUT2D eigenvalue weighted by Crippen LogP contribution is 2.42. The van der Waals surface area contributed by atoms with Gasteiger partial charge >= 0.3 is 5.97 Å². The van der Waals surface area contributed by atoms with Gasteiger partial charge in [0.05, 0.1) is 11.4 Å². The predicted octanol–water partition coefficient (Wildman–Crippen LogP) is 4.67. The fraction of sp³-hybridized carbons (Fsp3) is 0.261. The molecule has 0 radical (unpaired) electrons. The van der Waals surface area contributed by atoms with Crippen molar-refractivity contribution >= 4 is 27.3 Å². The van der Waals surface area contributed by atoms with Crippen molar-refractivity contribution in [2.75, 3.05) is 0 Å². The molecule has 0 bridgehead atoms. The average molecular weight is 458 g/mol. The van der Waals surface area contributed by atoms with Crippen molar-refractivity contribution in [1.82, 2.24) is 4.31 Å². The fourth-order valence-corrected chi connectivity index (χ4v) is 7.11. The van der Waals surface area contributed by atoms with Crippen LogP contribution in [0.5, 0.6) is 5.75 Å². The first-order chi connectivity index (χ1) is 14.8.